The van der Waals surface area contributed by atoms with Gasteiger partial charge in [0.05, 0.1) is 10.6 Å². The maximum atomic E-state index is 15.2. The number of nitrogens with zero attached hydrogens (tertiary/aromatic N) is 1. The Labute approximate surface area is 259 Å². The normalized spacial score (nSPS) is 20.0. The van der Waals surface area contributed by atoms with Crippen LogP contribution >= 0.6 is 11.6 Å². The number of hydrogen-bond acceptors (Lipinski definition) is 5. The van der Waals surface area contributed by atoms with Crippen molar-refractivity contribution in [2.24, 2.45) is 11.8 Å². The molecule has 1 aromatic rings. The highest BCUT2D eigenvalue weighted by Crippen LogP contribution is 2.41. The number of alkyl carbamates (subject to hydrolysis) is 1. The number of ether oxygens (including phenoxy) is 1. The molecule has 242 valence electrons. The number of carbonyl (C=O) groups is 3. The van der Waals surface area contributed by atoms with Gasteiger partial charge in [-0.1, -0.05) is 55.8 Å². The maximum Gasteiger partial charge on any atom is 0.407 e. The lowest BCUT2D eigenvalue weighted by Crippen LogP contribution is -2.53. The predicted octanol–water partition coefficient (Wildman–Crippen LogP) is 6.00. The number of amides is 4. The van der Waals surface area contributed by atoms with Crippen LogP contribution in [0.1, 0.15) is 90.5 Å². The zero-order valence-electron chi connectivity index (χ0n) is 25.6. The van der Waals surface area contributed by atoms with Gasteiger partial charge in [-0.25, -0.2) is 18.8 Å². The molecule has 1 aliphatic carbocycles. The topological polar surface area (TPSA) is 140 Å². The van der Waals surface area contributed by atoms with Crippen molar-refractivity contribution in [1.82, 2.24) is 20.9 Å². The van der Waals surface area contributed by atoms with Gasteiger partial charge in [-0.15, -0.1) is 0 Å². The van der Waals surface area contributed by atoms with Crippen molar-refractivity contribution >= 4 is 29.8 Å². The van der Waals surface area contributed by atoms with Crippen LogP contribution in [-0.4, -0.2) is 71.2 Å². The summed E-state index contributed by atoms with van der Waals surface area (Å²) in [6.45, 7) is 6.36. The molecule has 4 amide bonds. The SMILES string of the molecule is CC(C)(C)OC(=O)N[C@H](CNC(=O)N1CCC[C@@H]([C@@](O)(CCCNC(=O)O)c2cccc(Cl)c2F)C1)CC1CCCCC1. The summed E-state index contributed by atoms with van der Waals surface area (Å²) in [5.74, 6) is -0.774. The Morgan fingerprint density at radius 2 is 1.84 bits per heavy atom. The van der Waals surface area contributed by atoms with Gasteiger partial charge < -0.3 is 35.8 Å². The van der Waals surface area contributed by atoms with Gasteiger partial charge in [0.1, 0.15) is 11.4 Å². The molecule has 2 aliphatic rings. The second kappa shape index (κ2) is 15.8. The fraction of sp³-hybridized carbons (Fsp3) is 0.710. The Bertz CT molecular complexity index is 1100. The molecule has 0 radical (unpaired) electrons. The third-order valence-electron chi connectivity index (χ3n) is 8.38. The molecular formula is C31H48ClFN4O6. The standard InChI is InChI=1S/C31H48ClFN4O6/c1-30(2,3)43-29(41)36-23(18-21-10-5-4-6-11-21)19-35-27(38)37-17-8-12-22(20-37)31(42,15-9-16-34-28(39)40)24-13-7-14-25(32)26(24)33/h7,13-14,21-23,34,42H,4-6,8-12,15-20H2,1-3H3,(H,35,38)(H,36,41)(H,39,40)/t22-,23+,31+/m1/s1. The summed E-state index contributed by atoms with van der Waals surface area (Å²) in [4.78, 5) is 38.5. The number of likely N-dealkylation sites (tertiary alicyclic amines) is 1. The van der Waals surface area contributed by atoms with Crippen LogP contribution in [0, 0.1) is 17.7 Å². The molecule has 5 N–H and O–H groups in total. The first-order valence-electron chi connectivity index (χ1n) is 15.4. The van der Waals surface area contributed by atoms with E-state index in [1.165, 1.54) is 18.6 Å². The van der Waals surface area contributed by atoms with Crippen LogP contribution in [-0.2, 0) is 10.3 Å². The molecule has 1 heterocycles. The summed E-state index contributed by atoms with van der Waals surface area (Å²) in [7, 11) is 0. The van der Waals surface area contributed by atoms with Gasteiger partial charge in [-0.3, -0.25) is 0 Å². The highest BCUT2D eigenvalue weighted by atomic mass is 35.5. The summed E-state index contributed by atoms with van der Waals surface area (Å²) in [6, 6.07) is 3.83. The van der Waals surface area contributed by atoms with E-state index in [0.29, 0.717) is 25.3 Å². The van der Waals surface area contributed by atoms with E-state index in [-0.39, 0.29) is 55.1 Å². The molecule has 2 fully saturated rings. The van der Waals surface area contributed by atoms with E-state index in [1.54, 1.807) is 31.7 Å². The van der Waals surface area contributed by atoms with E-state index in [1.807, 2.05) is 0 Å². The smallest absolute Gasteiger partial charge is 0.407 e. The molecule has 3 rings (SSSR count). The average Bonchev–Trinajstić information content (AvgIpc) is 2.94. The zero-order valence-corrected chi connectivity index (χ0v) is 26.4. The highest BCUT2D eigenvalue weighted by Gasteiger charge is 2.43. The highest BCUT2D eigenvalue weighted by molar-refractivity contribution is 6.30. The van der Waals surface area contributed by atoms with Crippen LogP contribution in [0.25, 0.3) is 0 Å². The van der Waals surface area contributed by atoms with Gasteiger partial charge in [-0.2, -0.15) is 0 Å². The quantitative estimate of drug-likeness (QED) is 0.191. The van der Waals surface area contributed by atoms with Crippen LogP contribution in [0.2, 0.25) is 5.02 Å². The van der Waals surface area contributed by atoms with Crippen molar-refractivity contribution in [3.05, 3.63) is 34.6 Å². The first kappa shape index (κ1) is 34.7. The first-order valence-corrected chi connectivity index (χ1v) is 15.8. The molecular weight excluding hydrogens is 579 g/mol. The number of urea groups is 1. The molecule has 12 heteroatoms. The Morgan fingerprint density at radius 3 is 2.51 bits per heavy atom. The molecule has 3 atom stereocenters. The van der Waals surface area contributed by atoms with Crippen LogP contribution in [0.4, 0.5) is 18.8 Å². The molecule has 1 saturated carbocycles. The molecule has 0 aromatic heterocycles. The molecule has 0 spiro atoms. The monoisotopic (exact) mass is 626 g/mol. The van der Waals surface area contributed by atoms with E-state index in [4.69, 9.17) is 21.4 Å². The number of carboxylic acid groups (broad SMARTS) is 1. The van der Waals surface area contributed by atoms with Crippen LogP contribution < -0.4 is 16.0 Å². The number of benzene rings is 1. The van der Waals surface area contributed by atoms with Gasteiger partial charge in [-0.05, 0) is 64.9 Å². The summed E-state index contributed by atoms with van der Waals surface area (Å²) >= 11 is 6.06. The minimum Gasteiger partial charge on any atom is -0.465 e. The lowest BCUT2D eigenvalue weighted by atomic mass is 9.74. The Balaban J connectivity index is 1.70. The average molecular weight is 627 g/mol. The lowest BCUT2D eigenvalue weighted by Gasteiger charge is -2.43. The number of halogens is 2. The van der Waals surface area contributed by atoms with Crippen molar-refractivity contribution in [1.29, 1.82) is 0 Å². The molecule has 43 heavy (non-hydrogen) atoms. The van der Waals surface area contributed by atoms with Crippen molar-refractivity contribution in [2.45, 2.75) is 102 Å². The minimum atomic E-state index is -1.67. The van der Waals surface area contributed by atoms with E-state index in [2.05, 4.69) is 16.0 Å². The number of carbonyl (C=O) groups excluding carboxylic acids is 2. The summed E-state index contributed by atoms with van der Waals surface area (Å²) in [5.41, 5.74) is -2.28. The fourth-order valence-corrected chi connectivity index (χ4v) is 6.49. The minimum absolute atomic E-state index is 0.0386. The second-order valence-corrected chi connectivity index (χ2v) is 13.3. The van der Waals surface area contributed by atoms with Gasteiger partial charge in [0.2, 0.25) is 0 Å². The number of aliphatic hydroxyl groups is 1. The van der Waals surface area contributed by atoms with E-state index >= 15 is 4.39 Å². The molecule has 0 unspecified atom stereocenters. The zero-order chi connectivity index (χ0) is 31.6. The summed E-state index contributed by atoms with van der Waals surface area (Å²) in [5, 5.41) is 29.0. The van der Waals surface area contributed by atoms with Gasteiger partial charge >= 0.3 is 18.2 Å². The van der Waals surface area contributed by atoms with E-state index in [0.717, 1.165) is 32.1 Å². The van der Waals surface area contributed by atoms with E-state index in [9.17, 15) is 19.5 Å². The second-order valence-electron chi connectivity index (χ2n) is 12.9. The molecule has 1 saturated heterocycles. The summed E-state index contributed by atoms with van der Waals surface area (Å²) < 4.78 is 20.7. The number of nitrogens with one attached hydrogen (secondary N) is 3. The van der Waals surface area contributed by atoms with Crippen molar-refractivity contribution in [3.63, 3.8) is 0 Å². The van der Waals surface area contributed by atoms with E-state index < -0.39 is 35.1 Å². The van der Waals surface area contributed by atoms with Crippen LogP contribution in [0.5, 0.6) is 0 Å². The number of rotatable bonds is 11. The van der Waals surface area contributed by atoms with Crippen LogP contribution in [0.3, 0.4) is 0 Å². The fourth-order valence-electron chi connectivity index (χ4n) is 6.32. The third-order valence-corrected chi connectivity index (χ3v) is 8.67. The molecule has 1 aromatic carbocycles. The Hall–Kier alpha value is -2.79. The lowest BCUT2D eigenvalue weighted by molar-refractivity contribution is -0.0575. The molecule has 1 aliphatic heterocycles. The number of hydrogen-bond donors (Lipinski definition) is 5. The van der Waals surface area contributed by atoms with Crippen LogP contribution in [0.15, 0.2) is 18.2 Å². The maximum absolute atomic E-state index is 15.2. The summed E-state index contributed by atoms with van der Waals surface area (Å²) in [6.07, 6.45) is 6.24. The van der Waals surface area contributed by atoms with Gasteiger partial charge in [0.25, 0.3) is 0 Å². The van der Waals surface area contributed by atoms with Crippen molar-refractivity contribution in [3.8, 4) is 0 Å². The third kappa shape index (κ3) is 10.7. The predicted molar refractivity (Wildman–Crippen MR) is 163 cm³/mol. The Morgan fingerprint density at radius 1 is 1.12 bits per heavy atom. The molecule has 0 bridgehead atoms. The van der Waals surface area contributed by atoms with Gasteiger partial charge in [0.15, 0.2) is 0 Å². The first-order chi connectivity index (χ1) is 20.3. The Kier molecular flexibility index (Phi) is 12.7. The number of piperidine rings is 1. The van der Waals surface area contributed by atoms with Crippen molar-refractivity contribution < 1.29 is 33.7 Å². The van der Waals surface area contributed by atoms with Gasteiger partial charge in [0, 0.05) is 43.7 Å². The largest absolute Gasteiger partial charge is 0.465 e. The van der Waals surface area contributed by atoms with Crippen molar-refractivity contribution in [2.75, 3.05) is 26.2 Å². The molecule has 10 nitrogen and oxygen atoms in total.